The van der Waals surface area contributed by atoms with Gasteiger partial charge < -0.3 is 10.5 Å². The maximum atomic E-state index is 6.33. The molecular weight excluding hydrogens is 210 g/mol. The Morgan fingerprint density at radius 1 is 1.24 bits per heavy atom. The van der Waals surface area contributed by atoms with Crippen molar-refractivity contribution in [3.8, 4) is 0 Å². The summed E-state index contributed by atoms with van der Waals surface area (Å²) in [5.41, 5.74) is 8.78. The molecule has 94 valence electrons. The van der Waals surface area contributed by atoms with Crippen LogP contribution >= 0.6 is 0 Å². The molecule has 0 amide bonds. The quantitative estimate of drug-likeness (QED) is 0.867. The molecule has 0 spiro atoms. The van der Waals surface area contributed by atoms with Crippen LogP contribution in [0, 0.1) is 6.92 Å². The first-order valence-electron chi connectivity index (χ1n) is 6.60. The summed E-state index contributed by atoms with van der Waals surface area (Å²) in [6.07, 6.45) is 6.06. The molecule has 0 bridgehead atoms. The summed E-state index contributed by atoms with van der Waals surface area (Å²) >= 11 is 0. The smallest absolute Gasteiger partial charge is 0.0717 e. The van der Waals surface area contributed by atoms with Gasteiger partial charge in [-0.25, -0.2) is 0 Å². The minimum atomic E-state index is -0.0674. The number of hydrogen-bond donors (Lipinski definition) is 1. The van der Waals surface area contributed by atoms with Crippen molar-refractivity contribution in [1.82, 2.24) is 0 Å². The van der Waals surface area contributed by atoms with E-state index in [0.29, 0.717) is 13.2 Å². The third kappa shape index (κ3) is 3.83. The van der Waals surface area contributed by atoms with E-state index in [0.717, 1.165) is 12.8 Å². The molecule has 1 fully saturated rings. The van der Waals surface area contributed by atoms with Crippen LogP contribution in [-0.2, 0) is 11.3 Å². The lowest BCUT2D eigenvalue weighted by Gasteiger charge is -2.33. The molecule has 2 nitrogen and oxygen atoms in total. The molecule has 2 N–H and O–H groups in total. The minimum absolute atomic E-state index is 0.0674. The zero-order valence-electron chi connectivity index (χ0n) is 10.7. The summed E-state index contributed by atoms with van der Waals surface area (Å²) in [7, 11) is 0. The molecule has 0 aliphatic heterocycles. The molecule has 0 aromatic heterocycles. The minimum Gasteiger partial charge on any atom is -0.375 e. The van der Waals surface area contributed by atoms with Crippen LogP contribution in [-0.4, -0.2) is 12.1 Å². The lowest BCUT2D eigenvalue weighted by atomic mass is 9.83. The fourth-order valence-corrected chi connectivity index (χ4v) is 2.57. The van der Waals surface area contributed by atoms with E-state index in [1.54, 1.807) is 0 Å². The Labute approximate surface area is 104 Å². The van der Waals surface area contributed by atoms with Crippen LogP contribution in [0.1, 0.15) is 43.2 Å². The number of rotatable bonds is 4. The molecule has 2 heteroatoms. The van der Waals surface area contributed by atoms with Gasteiger partial charge in [-0.05, 0) is 25.3 Å². The Morgan fingerprint density at radius 2 is 2.00 bits per heavy atom. The number of hydrogen-bond acceptors (Lipinski definition) is 2. The van der Waals surface area contributed by atoms with Gasteiger partial charge >= 0.3 is 0 Å². The molecule has 0 unspecified atom stereocenters. The van der Waals surface area contributed by atoms with Crippen molar-refractivity contribution in [2.24, 2.45) is 5.73 Å². The van der Waals surface area contributed by atoms with Crippen molar-refractivity contribution < 1.29 is 4.74 Å². The normalized spacial score (nSPS) is 19.2. The van der Waals surface area contributed by atoms with E-state index in [1.165, 1.54) is 30.4 Å². The Balaban J connectivity index is 1.79. The van der Waals surface area contributed by atoms with Crippen molar-refractivity contribution >= 4 is 0 Å². The molecule has 0 atom stereocenters. The Morgan fingerprint density at radius 3 is 2.71 bits per heavy atom. The van der Waals surface area contributed by atoms with Crippen LogP contribution < -0.4 is 5.73 Å². The summed E-state index contributed by atoms with van der Waals surface area (Å²) in [5, 5.41) is 0. The second-order valence-electron chi connectivity index (χ2n) is 5.40. The number of aryl methyl sites for hydroxylation is 1. The van der Waals surface area contributed by atoms with Crippen LogP contribution in [0.4, 0.5) is 0 Å². The summed E-state index contributed by atoms with van der Waals surface area (Å²) in [6, 6.07) is 8.46. The SMILES string of the molecule is Cc1cccc(COCC2(N)CCCCC2)c1. The summed E-state index contributed by atoms with van der Waals surface area (Å²) in [6.45, 7) is 3.48. The van der Waals surface area contributed by atoms with Crippen LogP contribution in [0.5, 0.6) is 0 Å². The van der Waals surface area contributed by atoms with Crippen molar-refractivity contribution in [2.75, 3.05) is 6.61 Å². The first-order valence-corrected chi connectivity index (χ1v) is 6.60. The van der Waals surface area contributed by atoms with Gasteiger partial charge in [0.05, 0.1) is 13.2 Å². The third-order valence-corrected chi connectivity index (χ3v) is 3.59. The molecule has 1 saturated carbocycles. The van der Waals surface area contributed by atoms with Crippen molar-refractivity contribution in [3.05, 3.63) is 35.4 Å². The molecule has 17 heavy (non-hydrogen) atoms. The summed E-state index contributed by atoms with van der Waals surface area (Å²) in [5.74, 6) is 0. The second-order valence-corrected chi connectivity index (χ2v) is 5.40. The highest BCUT2D eigenvalue weighted by Gasteiger charge is 2.27. The highest BCUT2D eigenvalue weighted by atomic mass is 16.5. The largest absolute Gasteiger partial charge is 0.375 e. The number of benzene rings is 1. The molecule has 2 rings (SSSR count). The third-order valence-electron chi connectivity index (χ3n) is 3.59. The van der Waals surface area contributed by atoms with E-state index in [9.17, 15) is 0 Å². The standard InChI is InChI=1S/C15H23NO/c1-13-6-5-7-14(10-13)11-17-12-15(16)8-3-2-4-9-15/h5-7,10H,2-4,8-9,11-12,16H2,1H3. The number of ether oxygens (including phenoxy) is 1. The zero-order valence-corrected chi connectivity index (χ0v) is 10.7. The molecule has 1 aromatic carbocycles. The fourth-order valence-electron chi connectivity index (χ4n) is 2.57. The first-order chi connectivity index (χ1) is 8.18. The molecule has 1 aliphatic rings. The molecule has 0 saturated heterocycles. The predicted octanol–water partition coefficient (Wildman–Crippen LogP) is 3.17. The topological polar surface area (TPSA) is 35.2 Å². The van der Waals surface area contributed by atoms with Gasteiger partial charge in [0.15, 0.2) is 0 Å². The lowest BCUT2D eigenvalue weighted by Crippen LogP contribution is -2.46. The van der Waals surface area contributed by atoms with Gasteiger partial charge in [0, 0.05) is 5.54 Å². The Kier molecular flexibility index (Phi) is 4.19. The summed E-state index contributed by atoms with van der Waals surface area (Å²) in [4.78, 5) is 0. The van der Waals surface area contributed by atoms with E-state index in [-0.39, 0.29) is 5.54 Å². The number of nitrogens with two attached hydrogens (primary N) is 1. The first kappa shape index (κ1) is 12.6. The maximum Gasteiger partial charge on any atom is 0.0717 e. The molecular formula is C15H23NO. The van der Waals surface area contributed by atoms with Crippen molar-refractivity contribution in [2.45, 2.75) is 51.2 Å². The van der Waals surface area contributed by atoms with Gasteiger partial charge in [-0.2, -0.15) is 0 Å². The zero-order chi connectivity index (χ0) is 12.1. The van der Waals surface area contributed by atoms with Gasteiger partial charge in [0.25, 0.3) is 0 Å². The van der Waals surface area contributed by atoms with Crippen LogP contribution in [0.2, 0.25) is 0 Å². The van der Waals surface area contributed by atoms with Crippen LogP contribution in [0.15, 0.2) is 24.3 Å². The fraction of sp³-hybridized carbons (Fsp3) is 0.600. The van der Waals surface area contributed by atoms with E-state index in [4.69, 9.17) is 10.5 Å². The van der Waals surface area contributed by atoms with Crippen molar-refractivity contribution in [1.29, 1.82) is 0 Å². The van der Waals surface area contributed by atoms with Gasteiger partial charge in [-0.3, -0.25) is 0 Å². The summed E-state index contributed by atoms with van der Waals surface area (Å²) < 4.78 is 5.79. The van der Waals surface area contributed by atoms with Crippen molar-refractivity contribution in [3.63, 3.8) is 0 Å². The highest BCUT2D eigenvalue weighted by molar-refractivity contribution is 5.21. The average Bonchev–Trinajstić information content (AvgIpc) is 2.30. The average molecular weight is 233 g/mol. The van der Waals surface area contributed by atoms with Gasteiger partial charge in [-0.15, -0.1) is 0 Å². The van der Waals surface area contributed by atoms with E-state index < -0.39 is 0 Å². The predicted molar refractivity (Wildman–Crippen MR) is 70.8 cm³/mol. The molecule has 0 radical (unpaired) electrons. The Bertz CT molecular complexity index is 356. The van der Waals surface area contributed by atoms with E-state index in [1.807, 2.05) is 0 Å². The van der Waals surface area contributed by atoms with Gasteiger partial charge in [-0.1, -0.05) is 49.1 Å². The van der Waals surface area contributed by atoms with Gasteiger partial charge in [0.2, 0.25) is 0 Å². The van der Waals surface area contributed by atoms with Crippen LogP contribution in [0.25, 0.3) is 0 Å². The monoisotopic (exact) mass is 233 g/mol. The molecule has 1 aliphatic carbocycles. The van der Waals surface area contributed by atoms with Gasteiger partial charge in [0.1, 0.15) is 0 Å². The van der Waals surface area contributed by atoms with Crippen LogP contribution in [0.3, 0.4) is 0 Å². The van der Waals surface area contributed by atoms with E-state index in [2.05, 4.69) is 31.2 Å². The maximum absolute atomic E-state index is 6.33. The molecule has 0 heterocycles. The van der Waals surface area contributed by atoms with E-state index >= 15 is 0 Å². The highest BCUT2D eigenvalue weighted by Crippen LogP contribution is 2.26. The lowest BCUT2D eigenvalue weighted by molar-refractivity contribution is 0.0574. The Hall–Kier alpha value is -0.860. The second kappa shape index (κ2) is 5.65. The molecule has 1 aromatic rings.